The number of ketones is 1. The number of likely N-dealkylation sites (N-methyl/N-ethyl adjacent to an activating group) is 1. The first-order valence-corrected chi connectivity index (χ1v) is 12.6. The van der Waals surface area contributed by atoms with Crippen LogP contribution in [0.15, 0.2) is 36.4 Å². The highest BCUT2D eigenvalue weighted by Gasteiger charge is 2.41. The van der Waals surface area contributed by atoms with Crippen molar-refractivity contribution in [2.24, 2.45) is 5.92 Å². The summed E-state index contributed by atoms with van der Waals surface area (Å²) in [7, 11) is 3.90. The Labute approximate surface area is 217 Å². The fraction of sp³-hybridized carbons (Fsp3) is 0.444. The number of pyridine rings is 1. The van der Waals surface area contributed by atoms with Crippen molar-refractivity contribution in [2.45, 2.75) is 58.2 Å². The Balaban J connectivity index is 0.000000158. The first kappa shape index (κ1) is 27.5. The SMILES string of the molecule is CC(=O)c1nn(CC=O)c2ccc(C)cc12.CN1C(C=O)CC2CCCC21.CNc1cccc(Cl)n1. The summed E-state index contributed by atoms with van der Waals surface area (Å²) in [5, 5.41) is 8.36. The summed E-state index contributed by atoms with van der Waals surface area (Å²) in [6, 6.07) is 12.1. The van der Waals surface area contributed by atoms with Crippen LogP contribution in [0, 0.1) is 12.8 Å². The van der Waals surface area contributed by atoms with Crippen molar-refractivity contribution < 1.29 is 14.4 Å². The van der Waals surface area contributed by atoms with Crippen molar-refractivity contribution in [2.75, 3.05) is 19.4 Å². The average Bonchev–Trinajstić information content (AvgIpc) is 3.55. The Morgan fingerprint density at radius 2 is 2.00 bits per heavy atom. The van der Waals surface area contributed by atoms with Crippen molar-refractivity contribution in [1.82, 2.24) is 19.7 Å². The number of rotatable bonds is 5. The van der Waals surface area contributed by atoms with Gasteiger partial charge < -0.3 is 14.9 Å². The van der Waals surface area contributed by atoms with Crippen LogP contribution in [0.2, 0.25) is 5.15 Å². The number of halogens is 1. The summed E-state index contributed by atoms with van der Waals surface area (Å²) in [5.74, 6) is 1.54. The number of nitrogens with zero attached hydrogens (tertiary/aromatic N) is 4. The van der Waals surface area contributed by atoms with Gasteiger partial charge in [-0.15, -0.1) is 0 Å². The highest BCUT2D eigenvalue weighted by atomic mass is 35.5. The number of hydrogen-bond donors (Lipinski definition) is 1. The molecule has 0 spiro atoms. The number of carbonyl (C=O) groups is 3. The Hall–Kier alpha value is -3.10. The van der Waals surface area contributed by atoms with Crippen LogP contribution in [0.4, 0.5) is 5.82 Å². The van der Waals surface area contributed by atoms with E-state index in [9.17, 15) is 14.4 Å². The van der Waals surface area contributed by atoms with E-state index in [0.29, 0.717) is 10.8 Å². The van der Waals surface area contributed by atoms with E-state index < -0.39 is 0 Å². The van der Waals surface area contributed by atoms with E-state index in [4.69, 9.17) is 11.6 Å². The topological polar surface area (TPSA) is 97.2 Å². The highest BCUT2D eigenvalue weighted by molar-refractivity contribution is 6.29. The molecule has 1 N–H and O–H groups in total. The number of aryl methyl sites for hydroxylation is 1. The van der Waals surface area contributed by atoms with E-state index in [2.05, 4.69) is 27.3 Å². The van der Waals surface area contributed by atoms with Crippen LogP contribution in [0.25, 0.3) is 10.9 Å². The van der Waals surface area contributed by atoms with Crippen LogP contribution >= 0.6 is 11.6 Å². The van der Waals surface area contributed by atoms with Gasteiger partial charge in [0.25, 0.3) is 0 Å². The molecule has 0 radical (unpaired) electrons. The molecule has 1 saturated heterocycles. The second kappa shape index (κ2) is 12.7. The van der Waals surface area contributed by atoms with Gasteiger partial charge >= 0.3 is 0 Å². The third-order valence-electron chi connectivity index (χ3n) is 6.82. The van der Waals surface area contributed by atoms with Crippen LogP contribution in [-0.4, -0.2) is 64.2 Å². The molecule has 3 aromatic rings. The molecule has 2 aromatic heterocycles. The van der Waals surface area contributed by atoms with E-state index >= 15 is 0 Å². The van der Waals surface area contributed by atoms with E-state index in [1.165, 1.54) is 26.2 Å². The van der Waals surface area contributed by atoms with Crippen LogP contribution < -0.4 is 5.32 Å². The lowest BCUT2D eigenvalue weighted by molar-refractivity contribution is -0.111. The number of fused-ring (bicyclic) bond motifs is 2. The molecule has 1 aromatic carbocycles. The molecular weight excluding hydrogens is 478 g/mol. The molecule has 3 atom stereocenters. The Morgan fingerprint density at radius 3 is 2.58 bits per heavy atom. The summed E-state index contributed by atoms with van der Waals surface area (Å²) in [6.07, 6.45) is 7.02. The smallest absolute Gasteiger partial charge is 0.180 e. The van der Waals surface area contributed by atoms with Gasteiger partial charge in [0.1, 0.15) is 29.2 Å². The van der Waals surface area contributed by atoms with Crippen molar-refractivity contribution in [1.29, 1.82) is 0 Å². The van der Waals surface area contributed by atoms with Crippen molar-refractivity contribution in [3.05, 3.63) is 52.8 Å². The van der Waals surface area contributed by atoms with Gasteiger partial charge in [-0.05, 0) is 63.4 Å². The van der Waals surface area contributed by atoms with E-state index in [0.717, 1.165) is 53.2 Å². The molecule has 1 aliphatic heterocycles. The summed E-state index contributed by atoms with van der Waals surface area (Å²) in [6.45, 7) is 3.61. The van der Waals surface area contributed by atoms with E-state index in [1.54, 1.807) is 17.8 Å². The third kappa shape index (κ3) is 6.56. The minimum Gasteiger partial charge on any atom is -0.373 e. The number of aldehydes is 2. The van der Waals surface area contributed by atoms with Gasteiger partial charge in [0.15, 0.2) is 5.78 Å². The maximum atomic E-state index is 11.4. The number of hydrogen-bond acceptors (Lipinski definition) is 7. The molecule has 9 heteroatoms. The molecule has 5 rings (SSSR count). The van der Waals surface area contributed by atoms with Crippen molar-refractivity contribution in [3.8, 4) is 0 Å². The maximum absolute atomic E-state index is 11.4. The number of Topliss-reactive ketones (excluding diaryl/α,β-unsaturated/α-hetero) is 1. The van der Waals surface area contributed by atoms with Crippen LogP contribution in [0.5, 0.6) is 0 Å². The number of benzene rings is 1. The molecule has 1 saturated carbocycles. The quantitative estimate of drug-likeness (QED) is 0.304. The molecule has 2 fully saturated rings. The molecular formula is C27H34ClN5O3. The van der Waals surface area contributed by atoms with E-state index in [1.807, 2.05) is 37.3 Å². The molecule has 1 aliphatic carbocycles. The van der Waals surface area contributed by atoms with E-state index in [-0.39, 0.29) is 18.4 Å². The summed E-state index contributed by atoms with van der Waals surface area (Å²) >= 11 is 5.57. The summed E-state index contributed by atoms with van der Waals surface area (Å²) in [5.41, 5.74) is 2.32. The first-order valence-electron chi connectivity index (χ1n) is 12.2. The number of nitrogens with one attached hydrogen (secondary N) is 1. The minimum absolute atomic E-state index is 0.0831. The second-order valence-electron chi connectivity index (χ2n) is 9.23. The molecule has 36 heavy (non-hydrogen) atoms. The molecule has 3 unspecified atom stereocenters. The second-order valence-corrected chi connectivity index (χ2v) is 9.62. The molecule has 3 heterocycles. The normalized spacial score (nSPS) is 20.5. The number of anilines is 1. The van der Waals surface area contributed by atoms with Gasteiger partial charge in [-0.1, -0.05) is 35.7 Å². The zero-order valence-electron chi connectivity index (χ0n) is 21.3. The Bertz CT molecular complexity index is 1210. The van der Waals surface area contributed by atoms with Gasteiger partial charge in [0, 0.05) is 25.4 Å². The van der Waals surface area contributed by atoms with Crippen molar-refractivity contribution in [3.63, 3.8) is 0 Å². The average molecular weight is 512 g/mol. The van der Waals surface area contributed by atoms with Crippen LogP contribution in [0.1, 0.15) is 48.7 Å². The number of aromatic nitrogens is 3. The standard InChI is InChI=1S/C12H12N2O2.C9H15NO.C6H7ClN2/c1-8-3-4-11-10(7-8)12(9(2)16)13-14(11)5-6-15;1-10-8(6-11)5-7-3-2-4-9(7)10;1-8-6-4-2-3-5(7)9-6/h3-4,6-7H,5H2,1-2H3;6-9H,2-5H2,1H3;2-4H,1H3,(H,8,9). The largest absolute Gasteiger partial charge is 0.373 e. The highest BCUT2D eigenvalue weighted by Crippen LogP contribution is 2.39. The van der Waals surface area contributed by atoms with Crippen molar-refractivity contribution >= 4 is 46.7 Å². The molecule has 2 aliphatic rings. The number of carbonyl (C=O) groups excluding carboxylic acids is 3. The van der Waals surface area contributed by atoms with Gasteiger partial charge in [-0.2, -0.15) is 5.10 Å². The summed E-state index contributed by atoms with van der Waals surface area (Å²) < 4.78 is 1.55. The Kier molecular flexibility index (Phi) is 9.73. The zero-order chi connectivity index (χ0) is 26.2. The van der Waals surface area contributed by atoms with Gasteiger partial charge in [-0.25, -0.2) is 4.98 Å². The predicted octanol–water partition coefficient (Wildman–Crippen LogP) is 4.58. The van der Waals surface area contributed by atoms with Gasteiger partial charge in [0.2, 0.25) is 0 Å². The molecule has 8 nitrogen and oxygen atoms in total. The Morgan fingerprint density at radius 1 is 1.22 bits per heavy atom. The molecule has 0 bridgehead atoms. The fourth-order valence-corrected chi connectivity index (χ4v) is 5.18. The van der Waals surface area contributed by atoms with Crippen LogP contribution in [0.3, 0.4) is 0 Å². The van der Waals surface area contributed by atoms with Gasteiger partial charge in [-0.3, -0.25) is 14.4 Å². The predicted molar refractivity (Wildman–Crippen MR) is 143 cm³/mol. The third-order valence-corrected chi connectivity index (χ3v) is 7.04. The molecule has 0 amide bonds. The van der Waals surface area contributed by atoms with Crippen LogP contribution in [-0.2, 0) is 16.1 Å². The lowest BCUT2D eigenvalue weighted by atomic mass is 10.0. The number of likely N-dealkylation sites (tertiary alicyclic amines) is 1. The summed E-state index contributed by atoms with van der Waals surface area (Å²) in [4.78, 5) is 38.8. The minimum atomic E-state index is -0.0831. The lowest BCUT2D eigenvalue weighted by Gasteiger charge is -2.20. The molecule has 192 valence electrons. The lowest BCUT2D eigenvalue weighted by Crippen LogP contribution is -2.32. The monoisotopic (exact) mass is 511 g/mol. The fourth-order valence-electron chi connectivity index (χ4n) is 5.01. The van der Waals surface area contributed by atoms with Gasteiger partial charge in [0.05, 0.1) is 18.1 Å². The first-order chi connectivity index (χ1) is 17.3. The maximum Gasteiger partial charge on any atom is 0.180 e. The zero-order valence-corrected chi connectivity index (χ0v) is 22.0.